The van der Waals surface area contributed by atoms with Gasteiger partial charge in [-0.3, -0.25) is 4.98 Å². The van der Waals surface area contributed by atoms with E-state index in [1.54, 1.807) is 12.4 Å². The van der Waals surface area contributed by atoms with E-state index in [0.717, 1.165) is 28.1 Å². The third kappa shape index (κ3) is 1.95. The Labute approximate surface area is 111 Å². The van der Waals surface area contributed by atoms with Gasteiger partial charge in [0.15, 0.2) is 0 Å². The highest BCUT2D eigenvalue weighted by atomic mass is 15.1. The van der Waals surface area contributed by atoms with E-state index in [9.17, 15) is 0 Å². The van der Waals surface area contributed by atoms with Crippen LogP contribution in [-0.2, 0) is 0 Å². The summed E-state index contributed by atoms with van der Waals surface area (Å²) in [6, 6.07) is 10.1. The van der Waals surface area contributed by atoms with E-state index in [1.807, 2.05) is 30.3 Å². The van der Waals surface area contributed by atoms with Crippen molar-refractivity contribution >= 4 is 16.7 Å². The molecule has 0 radical (unpaired) electrons. The van der Waals surface area contributed by atoms with Gasteiger partial charge in [0, 0.05) is 23.5 Å². The fourth-order valence-corrected chi connectivity index (χ4v) is 2.35. The van der Waals surface area contributed by atoms with Gasteiger partial charge in [-0.05, 0) is 32.0 Å². The van der Waals surface area contributed by atoms with Crippen molar-refractivity contribution in [2.45, 2.75) is 19.9 Å². The number of hydrogen-bond acceptors (Lipinski definition) is 3. The Hall–Kier alpha value is -2.36. The number of aromatic nitrogens is 3. The molecule has 3 rings (SSSR count). The van der Waals surface area contributed by atoms with E-state index >= 15 is 0 Å². The number of rotatable bonds is 2. The third-order valence-corrected chi connectivity index (χ3v) is 3.15. The van der Waals surface area contributed by atoms with Crippen LogP contribution in [0.15, 0.2) is 42.7 Å². The SMILES string of the molecule is CC(C)n1c(-c2cccc(N)c2)nc2cnccc21. The van der Waals surface area contributed by atoms with Gasteiger partial charge >= 0.3 is 0 Å². The molecule has 3 aromatic rings. The van der Waals surface area contributed by atoms with Crippen LogP contribution in [0, 0.1) is 0 Å². The lowest BCUT2D eigenvalue weighted by atomic mass is 10.2. The Morgan fingerprint density at radius 3 is 2.79 bits per heavy atom. The zero-order valence-corrected chi connectivity index (χ0v) is 11.0. The zero-order chi connectivity index (χ0) is 13.4. The minimum atomic E-state index is 0.323. The molecular formula is C15H16N4. The fourth-order valence-electron chi connectivity index (χ4n) is 2.35. The number of fused-ring (bicyclic) bond motifs is 1. The molecule has 0 aliphatic heterocycles. The number of nitrogens with zero attached hydrogens (tertiary/aromatic N) is 3. The number of anilines is 1. The summed E-state index contributed by atoms with van der Waals surface area (Å²) in [5.74, 6) is 0.935. The molecule has 0 aliphatic carbocycles. The van der Waals surface area contributed by atoms with Crippen LogP contribution >= 0.6 is 0 Å². The molecule has 1 aromatic carbocycles. The molecule has 0 saturated carbocycles. The lowest BCUT2D eigenvalue weighted by Crippen LogP contribution is -2.03. The van der Waals surface area contributed by atoms with Crippen molar-refractivity contribution < 1.29 is 0 Å². The number of nitrogens with two attached hydrogens (primary N) is 1. The monoisotopic (exact) mass is 252 g/mol. The summed E-state index contributed by atoms with van der Waals surface area (Å²) in [7, 11) is 0. The number of nitrogen functional groups attached to an aromatic ring is 1. The second kappa shape index (κ2) is 4.39. The molecule has 2 heterocycles. The molecule has 0 aliphatic rings. The molecule has 0 unspecified atom stereocenters. The maximum atomic E-state index is 5.87. The van der Waals surface area contributed by atoms with Crippen molar-refractivity contribution in [2.24, 2.45) is 0 Å². The molecule has 0 bridgehead atoms. The lowest BCUT2D eigenvalue weighted by molar-refractivity contribution is 0.624. The first-order chi connectivity index (χ1) is 9.16. The van der Waals surface area contributed by atoms with E-state index in [1.165, 1.54) is 0 Å². The average molecular weight is 252 g/mol. The first kappa shape index (κ1) is 11.7. The second-order valence-electron chi connectivity index (χ2n) is 4.89. The van der Waals surface area contributed by atoms with Crippen molar-refractivity contribution in [1.82, 2.24) is 14.5 Å². The summed E-state index contributed by atoms with van der Waals surface area (Å²) >= 11 is 0. The van der Waals surface area contributed by atoms with Crippen molar-refractivity contribution in [1.29, 1.82) is 0 Å². The predicted octanol–water partition coefficient (Wildman–Crippen LogP) is 3.26. The molecule has 96 valence electrons. The summed E-state index contributed by atoms with van der Waals surface area (Å²) in [6.45, 7) is 4.30. The highest BCUT2D eigenvalue weighted by molar-refractivity contribution is 5.80. The first-order valence-corrected chi connectivity index (χ1v) is 6.34. The molecular weight excluding hydrogens is 236 g/mol. The number of hydrogen-bond donors (Lipinski definition) is 1. The van der Waals surface area contributed by atoms with Gasteiger partial charge in [-0.25, -0.2) is 4.98 Å². The van der Waals surface area contributed by atoms with Gasteiger partial charge in [-0.1, -0.05) is 12.1 Å². The minimum Gasteiger partial charge on any atom is -0.399 e. The van der Waals surface area contributed by atoms with Gasteiger partial charge in [0.1, 0.15) is 11.3 Å². The quantitative estimate of drug-likeness (QED) is 0.712. The van der Waals surface area contributed by atoms with Gasteiger partial charge in [-0.2, -0.15) is 0 Å². The highest BCUT2D eigenvalue weighted by Crippen LogP contribution is 2.28. The van der Waals surface area contributed by atoms with E-state index in [0.29, 0.717) is 6.04 Å². The van der Waals surface area contributed by atoms with Crippen LogP contribution < -0.4 is 5.73 Å². The summed E-state index contributed by atoms with van der Waals surface area (Å²) in [6.07, 6.45) is 3.59. The van der Waals surface area contributed by atoms with Gasteiger partial charge < -0.3 is 10.3 Å². The van der Waals surface area contributed by atoms with E-state index in [4.69, 9.17) is 10.7 Å². The highest BCUT2D eigenvalue weighted by Gasteiger charge is 2.14. The van der Waals surface area contributed by atoms with E-state index in [2.05, 4.69) is 23.4 Å². The topological polar surface area (TPSA) is 56.7 Å². The molecule has 2 aromatic heterocycles. The molecule has 0 spiro atoms. The predicted molar refractivity (Wildman–Crippen MR) is 77.8 cm³/mol. The van der Waals surface area contributed by atoms with Crippen molar-refractivity contribution in [2.75, 3.05) is 5.73 Å². The van der Waals surface area contributed by atoms with Crippen LogP contribution in [0.3, 0.4) is 0 Å². The Kier molecular flexibility index (Phi) is 2.71. The summed E-state index contributed by atoms with van der Waals surface area (Å²) in [5.41, 5.74) is 9.66. The second-order valence-corrected chi connectivity index (χ2v) is 4.89. The van der Waals surface area contributed by atoms with Crippen molar-refractivity contribution in [3.63, 3.8) is 0 Å². The average Bonchev–Trinajstić information content (AvgIpc) is 2.78. The van der Waals surface area contributed by atoms with Crippen molar-refractivity contribution in [3.05, 3.63) is 42.7 Å². The first-order valence-electron chi connectivity index (χ1n) is 6.34. The van der Waals surface area contributed by atoms with Crippen LogP contribution in [0.4, 0.5) is 5.69 Å². The molecule has 2 N–H and O–H groups in total. The molecule has 0 fully saturated rings. The largest absolute Gasteiger partial charge is 0.399 e. The van der Waals surface area contributed by atoms with Gasteiger partial charge in [0.25, 0.3) is 0 Å². The fraction of sp³-hybridized carbons (Fsp3) is 0.200. The molecule has 0 atom stereocenters. The molecule has 19 heavy (non-hydrogen) atoms. The summed E-state index contributed by atoms with van der Waals surface area (Å²) < 4.78 is 2.21. The molecule has 0 amide bonds. The Balaban J connectivity index is 2.31. The summed E-state index contributed by atoms with van der Waals surface area (Å²) in [5, 5.41) is 0. The number of pyridine rings is 1. The van der Waals surface area contributed by atoms with Crippen LogP contribution in [-0.4, -0.2) is 14.5 Å². The van der Waals surface area contributed by atoms with Crippen LogP contribution in [0.5, 0.6) is 0 Å². The van der Waals surface area contributed by atoms with E-state index < -0.39 is 0 Å². The van der Waals surface area contributed by atoms with E-state index in [-0.39, 0.29) is 0 Å². The summed E-state index contributed by atoms with van der Waals surface area (Å²) in [4.78, 5) is 8.83. The Morgan fingerprint density at radius 1 is 1.21 bits per heavy atom. The smallest absolute Gasteiger partial charge is 0.141 e. The Morgan fingerprint density at radius 2 is 2.05 bits per heavy atom. The molecule has 4 nitrogen and oxygen atoms in total. The molecule has 0 saturated heterocycles. The Bertz CT molecular complexity index is 728. The van der Waals surface area contributed by atoms with Crippen LogP contribution in [0.2, 0.25) is 0 Å². The maximum absolute atomic E-state index is 5.87. The standard InChI is InChI=1S/C15H16N4/c1-10(2)19-14-6-7-17-9-13(14)18-15(19)11-4-3-5-12(16)8-11/h3-10H,16H2,1-2H3. The lowest BCUT2D eigenvalue weighted by Gasteiger charge is -2.13. The third-order valence-electron chi connectivity index (χ3n) is 3.15. The normalized spacial score (nSPS) is 11.3. The van der Waals surface area contributed by atoms with Gasteiger partial charge in [-0.15, -0.1) is 0 Å². The maximum Gasteiger partial charge on any atom is 0.141 e. The van der Waals surface area contributed by atoms with Gasteiger partial charge in [0.2, 0.25) is 0 Å². The number of benzene rings is 1. The zero-order valence-electron chi connectivity index (χ0n) is 11.0. The number of imidazole rings is 1. The van der Waals surface area contributed by atoms with Gasteiger partial charge in [0.05, 0.1) is 11.7 Å². The van der Waals surface area contributed by atoms with Crippen LogP contribution in [0.1, 0.15) is 19.9 Å². The van der Waals surface area contributed by atoms with Crippen molar-refractivity contribution in [3.8, 4) is 11.4 Å². The van der Waals surface area contributed by atoms with Crippen LogP contribution in [0.25, 0.3) is 22.4 Å². The molecule has 4 heteroatoms. The minimum absolute atomic E-state index is 0.323.